The number of hydrogen-bond donors (Lipinski definition) is 3. The second-order valence-corrected chi connectivity index (χ2v) is 7.02. The smallest absolute Gasteiger partial charge is 0.387 e. The summed E-state index contributed by atoms with van der Waals surface area (Å²) in [6.45, 7) is -3.28. The van der Waals surface area contributed by atoms with Crippen molar-refractivity contribution in [1.29, 1.82) is 0 Å². The molecule has 0 radical (unpaired) electrons. The van der Waals surface area contributed by atoms with Crippen LogP contribution in [-0.4, -0.2) is 55.1 Å². The van der Waals surface area contributed by atoms with Gasteiger partial charge in [-0.05, 0) is 18.2 Å². The summed E-state index contributed by atoms with van der Waals surface area (Å²) in [5.41, 5.74) is 1.92. The van der Waals surface area contributed by atoms with Gasteiger partial charge in [0.15, 0.2) is 5.65 Å². The Hall–Kier alpha value is -4.06. The van der Waals surface area contributed by atoms with Gasteiger partial charge >= 0.3 is 6.61 Å². The lowest BCUT2D eigenvalue weighted by atomic mass is 10.0. The lowest BCUT2D eigenvalue weighted by Crippen LogP contribution is -2.17. The number of H-pyrrole nitrogens is 1. The molecule has 164 valence electrons. The highest BCUT2D eigenvalue weighted by molar-refractivity contribution is 6.09. The summed E-state index contributed by atoms with van der Waals surface area (Å²) in [7, 11) is 0. The molecule has 0 saturated heterocycles. The molecule has 10 nitrogen and oxygen atoms in total. The molecule has 4 heterocycles. The predicted octanol–water partition coefficient (Wildman–Crippen LogP) is 2.27. The van der Waals surface area contributed by atoms with Crippen LogP contribution in [0.3, 0.4) is 0 Å². The lowest BCUT2D eigenvalue weighted by molar-refractivity contribution is -0.0495. The zero-order chi connectivity index (χ0) is 22.2. The Balaban J connectivity index is 1.51. The van der Waals surface area contributed by atoms with Gasteiger partial charge in [0.1, 0.15) is 23.2 Å². The zero-order valence-electron chi connectivity index (χ0n) is 16.3. The van der Waals surface area contributed by atoms with Crippen molar-refractivity contribution in [3.05, 3.63) is 54.1 Å². The molecule has 4 aromatic rings. The SMILES string of the molecule is O=C(Nc1cn[nH]c1-c1cc2c(cc1OC(F)F)CC(CO)O2)c1cnn2cccnc12. The Morgan fingerprint density at radius 3 is 3.09 bits per heavy atom. The molecule has 3 N–H and O–H groups in total. The number of hydrogen-bond acceptors (Lipinski definition) is 7. The van der Waals surface area contributed by atoms with Gasteiger partial charge in [0.25, 0.3) is 5.91 Å². The van der Waals surface area contributed by atoms with E-state index in [1.807, 2.05) is 0 Å². The molecule has 12 heteroatoms. The number of benzene rings is 1. The number of aliphatic hydroxyl groups excluding tert-OH is 1. The van der Waals surface area contributed by atoms with E-state index in [0.717, 1.165) is 0 Å². The molecule has 0 fully saturated rings. The number of aromatic amines is 1. The van der Waals surface area contributed by atoms with E-state index < -0.39 is 18.6 Å². The largest absolute Gasteiger partial charge is 0.487 e. The summed E-state index contributed by atoms with van der Waals surface area (Å²) in [6.07, 6.45) is 5.81. The third-order valence-corrected chi connectivity index (χ3v) is 5.00. The summed E-state index contributed by atoms with van der Waals surface area (Å²) in [6, 6.07) is 4.63. The van der Waals surface area contributed by atoms with Gasteiger partial charge in [0, 0.05) is 29.9 Å². The van der Waals surface area contributed by atoms with Crippen LogP contribution in [-0.2, 0) is 6.42 Å². The van der Waals surface area contributed by atoms with Crippen LogP contribution in [0, 0.1) is 0 Å². The van der Waals surface area contributed by atoms with E-state index in [4.69, 9.17) is 9.47 Å². The average molecular weight is 442 g/mol. The van der Waals surface area contributed by atoms with E-state index >= 15 is 0 Å². The number of anilines is 1. The van der Waals surface area contributed by atoms with Crippen LogP contribution in [0.5, 0.6) is 11.5 Å². The molecule has 0 aliphatic carbocycles. The maximum atomic E-state index is 13.1. The van der Waals surface area contributed by atoms with Crippen LogP contribution in [0.1, 0.15) is 15.9 Å². The Labute approximate surface area is 178 Å². The summed E-state index contributed by atoms with van der Waals surface area (Å²) < 4.78 is 38.0. The molecule has 1 aromatic carbocycles. The highest BCUT2D eigenvalue weighted by atomic mass is 19.3. The molecule has 0 saturated carbocycles. The topological polar surface area (TPSA) is 127 Å². The Kier molecular flexibility index (Phi) is 4.90. The fourth-order valence-corrected chi connectivity index (χ4v) is 3.59. The minimum Gasteiger partial charge on any atom is -0.487 e. The monoisotopic (exact) mass is 442 g/mol. The van der Waals surface area contributed by atoms with Crippen LogP contribution in [0.4, 0.5) is 14.5 Å². The summed E-state index contributed by atoms with van der Waals surface area (Å²) in [4.78, 5) is 17.0. The number of aromatic nitrogens is 5. The summed E-state index contributed by atoms with van der Waals surface area (Å²) >= 11 is 0. The number of aliphatic hydroxyl groups is 1. The van der Waals surface area contributed by atoms with Gasteiger partial charge in [-0.1, -0.05) is 0 Å². The maximum Gasteiger partial charge on any atom is 0.387 e. The van der Waals surface area contributed by atoms with Gasteiger partial charge in [-0.15, -0.1) is 0 Å². The molecule has 32 heavy (non-hydrogen) atoms. The minimum absolute atomic E-state index is 0.113. The molecular weight excluding hydrogens is 426 g/mol. The van der Waals surface area contributed by atoms with Crippen molar-refractivity contribution in [3.8, 4) is 22.8 Å². The number of nitrogens with zero attached hydrogens (tertiary/aromatic N) is 4. The highest BCUT2D eigenvalue weighted by Gasteiger charge is 2.27. The molecule has 1 amide bonds. The van der Waals surface area contributed by atoms with Crippen molar-refractivity contribution in [2.24, 2.45) is 0 Å². The maximum absolute atomic E-state index is 13.1. The standard InChI is InChI=1S/C20H16F2N6O4/c21-20(22)32-16-5-10-4-11(9-29)31-15(10)6-12(16)17-14(8-24-27-17)26-19(30)13-7-25-28-3-1-2-23-18(13)28/h1-3,5-8,11,20,29H,4,9H2,(H,24,27)(H,26,30). The number of amides is 1. The molecular formula is C20H16F2N6O4. The average Bonchev–Trinajstić information content (AvgIpc) is 3.50. The Bertz CT molecular complexity index is 1300. The van der Waals surface area contributed by atoms with Crippen molar-refractivity contribution in [1.82, 2.24) is 24.8 Å². The van der Waals surface area contributed by atoms with Gasteiger partial charge in [-0.3, -0.25) is 9.89 Å². The van der Waals surface area contributed by atoms with Gasteiger partial charge < -0.3 is 19.9 Å². The third-order valence-electron chi connectivity index (χ3n) is 5.00. The highest BCUT2D eigenvalue weighted by Crippen LogP contribution is 2.42. The molecule has 3 aromatic heterocycles. The van der Waals surface area contributed by atoms with Crippen LogP contribution in [0.2, 0.25) is 0 Å². The molecule has 1 atom stereocenters. The first kappa shape index (κ1) is 19.9. The number of ether oxygens (including phenoxy) is 2. The number of fused-ring (bicyclic) bond motifs is 2. The quantitative estimate of drug-likeness (QED) is 0.418. The Morgan fingerprint density at radius 2 is 2.28 bits per heavy atom. The molecule has 1 aliphatic rings. The number of alkyl halides is 2. The van der Waals surface area contributed by atoms with E-state index in [0.29, 0.717) is 23.4 Å². The number of carbonyl (C=O) groups excluding carboxylic acids is 1. The van der Waals surface area contributed by atoms with Crippen molar-refractivity contribution >= 4 is 17.2 Å². The van der Waals surface area contributed by atoms with Gasteiger partial charge in [-0.25, -0.2) is 9.50 Å². The second kappa shape index (κ2) is 7.89. The predicted molar refractivity (Wildman–Crippen MR) is 107 cm³/mol. The van der Waals surface area contributed by atoms with E-state index in [9.17, 15) is 18.7 Å². The van der Waals surface area contributed by atoms with Crippen molar-refractivity contribution in [2.75, 3.05) is 11.9 Å². The number of halogens is 2. The van der Waals surface area contributed by atoms with Crippen LogP contribution < -0.4 is 14.8 Å². The van der Waals surface area contributed by atoms with Crippen molar-refractivity contribution in [2.45, 2.75) is 19.1 Å². The van der Waals surface area contributed by atoms with Crippen molar-refractivity contribution < 1.29 is 28.2 Å². The van der Waals surface area contributed by atoms with Crippen LogP contribution >= 0.6 is 0 Å². The van der Waals surface area contributed by atoms with Crippen LogP contribution in [0.15, 0.2) is 43.0 Å². The summed E-state index contributed by atoms with van der Waals surface area (Å²) in [5, 5.41) is 22.8. The van der Waals surface area contributed by atoms with Crippen LogP contribution in [0.25, 0.3) is 16.9 Å². The molecule has 0 spiro atoms. The second-order valence-electron chi connectivity index (χ2n) is 7.02. The first-order chi connectivity index (χ1) is 15.5. The number of carbonyl (C=O) groups is 1. The first-order valence-electron chi connectivity index (χ1n) is 9.56. The summed E-state index contributed by atoms with van der Waals surface area (Å²) in [5.74, 6) is -0.187. The molecule has 0 bridgehead atoms. The van der Waals surface area contributed by atoms with Gasteiger partial charge in [-0.2, -0.15) is 19.0 Å². The number of nitrogens with one attached hydrogen (secondary N) is 2. The lowest BCUT2D eigenvalue weighted by Gasteiger charge is -2.13. The fourth-order valence-electron chi connectivity index (χ4n) is 3.59. The molecule has 1 unspecified atom stereocenters. The minimum atomic E-state index is -3.06. The normalized spacial score (nSPS) is 15.1. The first-order valence-corrected chi connectivity index (χ1v) is 9.56. The third kappa shape index (κ3) is 3.50. The molecule has 1 aliphatic heterocycles. The van der Waals surface area contributed by atoms with Gasteiger partial charge in [0.2, 0.25) is 0 Å². The van der Waals surface area contributed by atoms with E-state index in [2.05, 4.69) is 25.6 Å². The van der Waals surface area contributed by atoms with E-state index in [-0.39, 0.29) is 34.9 Å². The van der Waals surface area contributed by atoms with Gasteiger partial charge in [0.05, 0.1) is 30.4 Å². The fraction of sp³-hybridized carbons (Fsp3) is 0.200. The van der Waals surface area contributed by atoms with E-state index in [1.54, 1.807) is 12.3 Å². The Morgan fingerprint density at radius 1 is 1.41 bits per heavy atom. The molecule has 5 rings (SSSR count). The number of rotatable bonds is 6. The van der Waals surface area contributed by atoms with E-state index in [1.165, 1.54) is 35.2 Å². The zero-order valence-corrected chi connectivity index (χ0v) is 16.3. The van der Waals surface area contributed by atoms with Crippen molar-refractivity contribution in [3.63, 3.8) is 0 Å².